The van der Waals surface area contributed by atoms with Crippen LogP contribution >= 0.6 is 0 Å². The molecule has 0 spiro atoms. The number of carbonyl (C=O) groups is 2. The van der Waals surface area contributed by atoms with E-state index >= 15 is 0 Å². The number of aliphatic hydroxyl groups excluding tert-OH is 3. The van der Waals surface area contributed by atoms with Crippen molar-refractivity contribution in [2.24, 2.45) is 98.6 Å². The zero-order valence-corrected chi connectivity index (χ0v) is 42.7. The second-order valence-electron chi connectivity index (χ2n) is 26.2. The Kier molecular flexibility index (Phi) is 15.3. The number of carbonyl (C=O) groups excluding carboxylic acids is 2. The maximum absolute atomic E-state index is 13.3. The van der Waals surface area contributed by atoms with E-state index in [1.54, 1.807) is 0 Å². The maximum atomic E-state index is 13.3. The predicted molar refractivity (Wildman–Crippen MR) is 258 cm³/mol. The molecule has 0 aliphatic heterocycles. The third-order valence-electron chi connectivity index (χ3n) is 23.2. The van der Waals surface area contributed by atoms with Gasteiger partial charge in [0.25, 0.3) is 10.1 Å². The first-order valence-corrected chi connectivity index (χ1v) is 29.3. The highest BCUT2D eigenvalue weighted by Crippen LogP contribution is 2.70. The van der Waals surface area contributed by atoms with Gasteiger partial charge in [0.15, 0.2) is 0 Å². The molecule has 65 heavy (non-hydrogen) atoms. The van der Waals surface area contributed by atoms with Crippen molar-refractivity contribution in [1.82, 2.24) is 0 Å². The Morgan fingerprint density at radius 2 is 1.00 bits per heavy atom. The number of unbranched alkanes of at least 4 members (excludes halogenated alkanes) is 2. The fraction of sp³-hybridized carbons (Fsp3) is 0.964. The second kappa shape index (κ2) is 19.7. The Labute approximate surface area is 395 Å². The number of aliphatic hydroxyl groups is 3. The molecule has 8 aliphatic rings. The highest BCUT2D eigenvalue weighted by atomic mass is 32.2. The fourth-order valence-electron chi connectivity index (χ4n) is 19.5. The van der Waals surface area contributed by atoms with Crippen molar-refractivity contribution in [3.05, 3.63) is 0 Å². The summed E-state index contributed by atoms with van der Waals surface area (Å²) < 4.78 is 31.2. The van der Waals surface area contributed by atoms with Crippen LogP contribution in [0.1, 0.15) is 215 Å². The highest BCUT2D eigenvalue weighted by molar-refractivity contribution is 7.85. The van der Waals surface area contributed by atoms with Gasteiger partial charge in [-0.15, -0.1) is 0 Å². The number of fused-ring (bicyclic) bond motifs is 10. The average molecular weight is 927 g/mol. The highest BCUT2D eigenvalue weighted by Gasteiger charge is 2.64. The molecule has 4 N–H and O–H groups in total. The largest absolute Gasteiger partial charge is 0.393 e. The molecular weight excluding hydrogens is 833 g/mol. The quantitative estimate of drug-likeness (QED) is 0.0784. The van der Waals surface area contributed by atoms with Crippen LogP contribution in [0.15, 0.2) is 0 Å². The summed E-state index contributed by atoms with van der Waals surface area (Å²) in [7, 11) is -4.03. The van der Waals surface area contributed by atoms with Gasteiger partial charge in [0.1, 0.15) is 11.6 Å². The number of ketones is 2. The molecule has 0 bridgehead atoms. The van der Waals surface area contributed by atoms with Crippen LogP contribution in [0, 0.1) is 98.6 Å². The summed E-state index contributed by atoms with van der Waals surface area (Å²) in [5.41, 5.74) is 1.02. The summed E-state index contributed by atoms with van der Waals surface area (Å²) in [5, 5.41) is 34.1. The summed E-state index contributed by atoms with van der Waals surface area (Å²) in [5.74, 6) is 7.18. The molecule has 9 heteroatoms. The van der Waals surface area contributed by atoms with Gasteiger partial charge in [-0.05, 0) is 227 Å². The van der Waals surface area contributed by atoms with E-state index in [1.165, 1.54) is 83.5 Å². The fourth-order valence-corrected chi connectivity index (χ4v) is 20.0. The van der Waals surface area contributed by atoms with Gasteiger partial charge in [-0.1, -0.05) is 60.8 Å². The average Bonchev–Trinajstić information content (AvgIpc) is 3.79. The first-order valence-electron chi connectivity index (χ1n) is 27.7. The van der Waals surface area contributed by atoms with Crippen molar-refractivity contribution in [3.8, 4) is 0 Å². The molecule has 20 atom stereocenters. The number of Topliss-reactive ketones (excluding diaryl/α,β-unsaturated/α-hetero) is 2. The molecule has 8 nitrogen and oxygen atoms in total. The van der Waals surface area contributed by atoms with E-state index in [0.717, 1.165) is 70.1 Å². The summed E-state index contributed by atoms with van der Waals surface area (Å²) in [6, 6.07) is 0. The Morgan fingerprint density at radius 1 is 0.538 bits per heavy atom. The maximum Gasteiger partial charge on any atom is 0.264 e. The molecule has 0 saturated heterocycles. The molecule has 372 valence electrons. The van der Waals surface area contributed by atoms with Crippen LogP contribution in [0.25, 0.3) is 0 Å². The molecule has 8 saturated carbocycles. The van der Waals surface area contributed by atoms with Gasteiger partial charge in [0.05, 0.1) is 24.1 Å². The molecule has 8 fully saturated rings. The van der Waals surface area contributed by atoms with E-state index in [0.29, 0.717) is 95.1 Å². The Morgan fingerprint density at radius 3 is 1.52 bits per heavy atom. The zero-order valence-electron chi connectivity index (χ0n) is 41.9. The summed E-state index contributed by atoms with van der Waals surface area (Å²) >= 11 is 0. The molecule has 0 aromatic rings. The number of rotatable bonds is 18. The third kappa shape index (κ3) is 9.93. The number of hydrogen-bond donors (Lipinski definition) is 4. The van der Waals surface area contributed by atoms with Crippen molar-refractivity contribution >= 4 is 21.7 Å². The minimum Gasteiger partial charge on any atom is -0.393 e. The molecule has 0 aromatic carbocycles. The van der Waals surface area contributed by atoms with Crippen molar-refractivity contribution in [2.45, 2.75) is 233 Å². The first-order chi connectivity index (χ1) is 30.7. The predicted octanol–water partition coefficient (Wildman–Crippen LogP) is 11.8. The summed E-state index contributed by atoms with van der Waals surface area (Å²) in [4.78, 5) is 25.9. The van der Waals surface area contributed by atoms with Crippen LogP contribution in [-0.2, 0) is 19.7 Å². The zero-order chi connectivity index (χ0) is 46.7. The smallest absolute Gasteiger partial charge is 0.264 e. The molecule has 0 aromatic heterocycles. The van der Waals surface area contributed by atoms with Crippen molar-refractivity contribution in [3.63, 3.8) is 0 Å². The molecule has 8 aliphatic carbocycles. The van der Waals surface area contributed by atoms with Crippen LogP contribution in [0.2, 0.25) is 0 Å². The molecular formula is C56H94O8S. The molecule has 0 heterocycles. The van der Waals surface area contributed by atoms with Crippen LogP contribution in [0.5, 0.6) is 0 Å². The van der Waals surface area contributed by atoms with E-state index < -0.39 is 10.1 Å². The normalized spacial score (nSPS) is 46.7. The van der Waals surface area contributed by atoms with Gasteiger partial charge in [0, 0.05) is 25.7 Å². The van der Waals surface area contributed by atoms with Gasteiger partial charge in [-0.3, -0.25) is 14.1 Å². The van der Waals surface area contributed by atoms with Crippen LogP contribution in [0.3, 0.4) is 0 Å². The van der Waals surface area contributed by atoms with Gasteiger partial charge in [0.2, 0.25) is 0 Å². The Hall–Kier alpha value is -0.870. The minimum atomic E-state index is -4.03. The molecule has 8 rings (SSSR count). The lowest BCUT2D eigenvalue weighted by molar-refractivity contribution is -0.174. The van der Waals surface area contributed by atoms with Crippen molar-refractivity contribution < 1.29 is 37.9 Å². The molecule has 0 amide bonds. The molecule has 0 radical (unpaired) electrons. The third-order valence-corrected chi connectivity index (χ3v) is 24.0. The summed E-state index contributed by atoms with van der Waals surface area (Å²) in [6.45, 7) is 14.9. The van der Waals surface area contributed by atoms with Crippen LogP contribution < -0.4 is 0 Å². The lowest BCUT2D eigenvalue weighted by atomic mass is 9.43. The first kappa shape index (κ1) is 50.5. The Balaban J connectivity index is 0.741. The van der Waals surface area contributed by atoms with Gasteiger partial charge < -0.3 is 15.3 Å². The lowest BCUT2D eigenvalue weighted by Gasteiger charge is -2.62. The minimum absolute atomic E-state index is 0.0921. The topological polar surface area (TPSA) is 149 Å². The molecule has 4 unspecified atom stereocenters. The van der Waals surface area contributed by atoms with Gasteiger partial charge >= 0.3 is 0 Å². The van der Waals surface area contributed by atoms with Crippen molar-refractivity contribution in [1.29, 1.82) is 0 Å². The van der Waals surface area contributed by atoms with Crippen molar-refractivity contribution in [2.75, 3.05) is 5.75 Å². The number of hydrogen-bond acceptors (Lipinski definition) is 7. The van der Waals surface area contributed by atoms with Crippen LogP contribution in [-0.4, -0.2) is 63.9 Å². The van der Waals surface area contributed by atoms with E-state index in [2.05, 4.69) is 41.5 Å². The lowest BCUT2D eigenvalue weighted by Crippen LogP contribution is -2.58. The SMILES string of the molecule is C[C@H](CCC(=O)CCCCC[C@@H]1CC[C@@]2(C)C(C1)C[C@H](O)[C@H]1C3CC[C@H]([C@H](C)CCC(=O)CCCS(=O)(=O)O)[C@@]3(C)CC[C@@H]12)[C@H]1CCC2[C@@H]3[C@@H](O)CC4C[C@H](O)CC[C@]4(C)[C@H]3CC[C@@]21C. The van der Waals surface area contributed by atoms with E-state index in [4.69, 9.17) is 4.55 Å². The Bertz CT molecular complexity index is 1780. The van der Waals surface area contributed by atoms with E-state index in [9.17, 15) is 33.3 Å². The summed E-state index contributed by atoms with van der Waals surface area (Å²) in [6.07, 6.45) is 26.4. The second-order valence-corrected chi connectivity index (χ2v) is 27.8. The van der Waals surface area contributed by atoms with Crippen LogP contribution in [0.4, 0.5) is 0 Å². The van der Waals surface area contributed by atoms with Gasteiger partial charge in [-0.2, -0.15) is 8.42 Å². The van der Waals surface area contributed by atoms with E-state index in [1.807, 2.05) is 0 Å². The van der Waals surface area contributed by atoms with E-state index in [-0.39, 0.29) is 58.9 Å². The standard InChI is InChI=1S/C56H94O8S/c1-35(43-19-21-46-52-48(25-29-56(43,46)6)54(4)27-23-42(59)32-39(54)34-50(52)61)14-16-40(57)12-9-7-8-11-37-22-26-53(3)38(31-37)33-49(60)51-45-20-18-44(55(45,5)28-24-47(51)53)36(2)15-17-41(58)13-10-30-65(62,63)64/h35-39,42-52,59-61H,7-34H2,1-6H3,(H,62,63,64)/t35-,36-,37-,38?,39?,42-,43-,44-,45?,46?,47+,48+,49+,50+,51+,52+,53+,54+,55-,56-/m1/s1. The van der Waals surface area contributed by atoms with Gasteiger partial charge in [-0.25, -0.2) is 0 Å². The monoisotopic (exact) mass is 927 g/mol.